The maximum absolute atomic E-state index is 13.0. The Kier molecular flexibility index (Phi) is 4.97. The molecule has 1 atom stereocenters. The molecule has 0 aliphatic carbocycles. The molecule has 1 aromatic carbocycles. The average Bonchev–Trinajstić information content (AvgIpc) is 3.16. The number of carbonyl (C=O) groups excluding carboxylic acids is 1. The maximum Gasteiger partial charge on any atom is 0.311 e. The van der Waals surface area contributed by atoms with Gasteiger partial charge in [0.25, 0.3) is 5.91 Å². The summed E-state index contributed by atoms with van der Waals surface area (Å²) in [6.45, 7) is 2.70. The molecule has 1 aliphatic heterocycles. The van der Waals surface area contributed by atoms with Gasteiger partial charge in [-0.3, -0.25) is 20.0 Å². The van der Waals surface area contributed by atoms with Crippen LogP contribution in [-0.2, 0) is 0 Å². The zero-order valence-corrected chi connectivity index (χ0v) is 14.0. The Bertz CT molecular complexity index is 760. The number of amides is 1. The summed E-state index contributed by atoms with van der Waals surface area (Å²) >= 11 is 0. The summed E-state index contributed by atoms with van der Waals surface area (Å²) in [5, 5.41) is 18.0. The van der Waals surface area contributed by atoms with Crippen molar-refractivity contribution in [1.29, 1.82) is 0 Å². The molecule has 0 radical (unpaired) electrons. The van der Waals surface area contributed by atoms with E-state index in [1.807, 2.05) is 0 Å². The Hall–Kier alpha value is -2.90. The van der Waals surface area contributed by atoms with Gasteiger partial charge in [0, 0.05) is 29.9 Å². The van der Waals surface area contributed by atoms with Gasteiger partial charge in [-0.2, -0.15) is 5.10 Å². The smallest absolute Gasteiger partial charge is 0.311 e. The maximum atomic E-state index is 13.0. The molecule has 1 N–H and O–H groups in total. The third-order valence-corrected chi connectivity index (χ3v) is 4.37. The molecule has 132 valence electrons. The predicted octanol–water partition coefficient (Wildman–Crippen LogP) is 3.08. The Morgan fingerprint density at radius 2 is 2.32 bits per heavy atom. The number of piperidine rings is 1. The molecule has 0 bridgehead atoms. The third kappa shape index (κ3) is 3.47. The van der Waals surface area contributed by atoms with Crippen LogP contribution >= 0.6 is 0 Å². The van der Waals surface area contributed by atoms with E-state index in [2.05, 4.69) is 10.2 Å². The molecule has 0 saturated carbocycles. The Labute approximate surface area is 144 Å². The molecule has 1 fully saturated rings. The molecular formula is C17H20N4O4. The van der Waals surface area contributed by atoms with Gasteiger partial charge >= 0.3 is 5.69 Å². The monoisotopic (exact) mass is 344 g/mol. The van der Waals surface area contributed by atoms with Gasteiger partial charge in [-0.05, 0) is 38.3 Å². The zero-order chi connectivity index (χ0) is 17.8. The van der Waals surface area contributed by atoms with Crippen molar-refractivity contribution in [3.05, 3.63) is 51.8 Å². The van der Waals surface area contributed by atoms with E-state index in [4.69, 9.17) is 4.74 Å². The lowest BCUT2D eigenvalue weighted by Crippen LogP contribution is -2.38. The summed E-state index contributed by atoms with van der Waals surface area (Å²) < 4.78 is 5.28. The zero-order valence-electron chi connectivity index (χ0n) is 14.0. The van der Waals surface area contributed by atoms with Crippen LogP contribution in [0.4, 0.5) is 5.69 Å². The number of nitrogens with zero attached hydrogens (tertiary/aromatic N) is 3. The highest BCUT2D eigenvalue weighted by atomic mass is 16.6. The molecule has 2 heterocycles. The van der Waals surface area contributed by atoms with Crippen LogP contribution in [0.5, 0.6) is 5.75 Å². The second-order valence-corrected chi connectivity index (χ2v) is 5.91. The van der Waals surface area contributed by atoms with Crippen molar-refractivity contribution < 1.29 is 14.5 Å². The largest absolute Gasteiger partial charge is 0.487 e. The summed E-state index contributed by atoms with van der Waals surface area (Å²) in [5.41, 5.74) is 1.06. The van der Waals surface area contributed by atoms with Gasteiger partial charge in [-0.15, -0.1) is 0 Å². The first-order valence-corrected chi connectivity index (χ1v) is 8.32. The van der Waals surface area contributed by atoms with E-state index in [1.165, 1.54) is 12.1 Å². The second kappa shape index (κ2) is 7.33. The molecule has 1 amide bonds. The van der Waals surface area contributed by atoms with Gasteiger partial charge in [0.15, 0.2) is 5.75 Å². The number of nitro groups is 1. The van der Waals surface area contributed by atoms with Gasteiger partial charge in [-0.25, -0.2) is 0 Å². The fourth-order valence-electron chi connectivity index (χ4n) is 3.20. The van der Waals surface area contributed by atoms with E-state index in [9.17, 15) is 14.9 Å². The van der Waals surface area contributed by atoms with Crippen molar-refractivity contribution in [3.8, 4) is 5.75 Å². The molecule has 1 aromatic heterocycles. The van der Waals surface area contributed by atoms with Crippen LogP contribution in [0.2, 0.25) is 0 Å². The van der Waals surface area contributed by atoms with Crippen LogP contribution in [0, 0.1) is 10.1 Å². The van der Waals surface area contributed by atoms with Gasteiger partial charge < -0.3 is 9.64 Å². The van der Waals surface area contributed by atoms with Gasteiger partial charge in [0.05, 0.1) is 23.8 Å². The summed E-state index contributed by atoms with van der Waals surface area (Å²) in [7, 11) is 0. The van der Waals surface area contributed by atoms with Crippen LogP contribution in [-0.4, -0.2) is 39.1 Å². The number of rotatable bonds is 5. The van der Waals surface area contributed by atoms with Crippen LogP contribution in [0.15, 0.2) is 30.6 Å². The van der Waals surface area contributed by atoms with Gasteiger partial charge in [0.1, 0.15) is 0 Å². The third-order valence-electron chi connectivity index (χ3n) is 4.37. The number of H-pyrrole nitrogens is 1. The van der Waals surface area contributed by atoms with Crippen molar-refractivity contribution in [1.82, 2.24) is 15.1 Å². The van der Waals surface area contributed by atoms with E-state index in [0.29, 0.717) is 18.7 Å². The molecule has 1 saturated heterocycles. The first-order valence-electron chi connectivity index (χ1n) is 8.32. The number of hydrogen-bond acceptors (Lipinski definition) is 5. The molecule has 3 rings (SSSR count). The second-order valence-electron chi connectivity index (χ2n) is 5.91. The summed E-state index contributed by atoms with van der Waals surface area (Å²) in [6.07, 6.45) is 6.31. The summed E-state index contributed by atoms with van der Waals surface area (Å²) in [4.78, 5) is 25.5. The SMILES string of the molecule is CCOc1ccc(C(=O)N2CCCCC2c2cn[nH]c2)cc1[N+](=O)[O-]. The Balaban J connectivity index is 1.91. The van der Waals surface area contributed by atoms with Crippen molar-refractivity contribution in [3.63, 3.8) is 0 Å². The van der Waals surface area contributed by atoms with Gasteiger partial charge in [0.2, 0.25) is 0 Å². The molecule has 8 nitrogen and oxygen atoms in total. The van der Waals surface area contributed by atoms with E-state index in [0.717, 1.165) is 24.8 Å². The molecule has 1 aliphatic rings. The number of nitrogens with one attached hydrogen (secondary N) is 1. The number of carbonyl (C=O) groups is 1. The lowest BCUT2D eigenvalue weighted by Gasteiger charge is -2.35. The lowest BCUT2D eigenvalue weighted by molar-refractivity contribution is -0.385. The minimum atomic E-state index is -0.522. The van der Waals surface area contributed by atoms with Crippen LogP contribution in [0.1, 0.15) is 48.1 Å². The normalized spacial score (nSPS) is 17.3. The minimum Gasteiger partial charge on any atom is -0.487 e. The number of ether oxygens (including phenoxy) is 1. The first kappa shape index (κ1) is 16.9. The Morgan fingerprint density at radius 3 is 3.00 bits per heavy atom. The van der Waals surface area contributed by atoms with Crippen LogP contribution in [0.3, 0.4) is 0 Å². The van der Waals surface area contributed by atoms with Crippen molar-refractivity contribution in [2.75, 3.05) is 13.2 Å². The topological polar surface area (TPSA) is 101 Å². The highest BCUT2D eigenvalue weighted by Crippen LogP contribution is 2.33. The van der Waals surface area contributed by atoms with Crippen LogP contribution < -0.4 is 4.74 Å². The quantitative estimate of drug-likeness (QED) is 0.663. The number of aromatic amines is 1. The molecule has 25 heavy (non-hydrogen) atoms. The Morgan fingerprint density at radius 1 is 1.48 bits per heavy atom. The summed E-state index contributed by atoms with van der Waals surface area (Å²) in [5.74, 6) is -0.0360. The molecule has 2 aromatic rings. The summed E-state index contributed by atoms with van der Waals surface area (Å²) in [6, 6.07) is 4.31. The molecule has 0 spiro atoms. The highest BCUT2D eigenvalue weighted by Gasteiger charge is 2.30. The number of likely N-dealkylation sites (tertiary alicyclic amines) is 1. The number of benzene rings is 1. The van der Waals surface area contributed by atoms with Crippen molar-refractivity contribution in [2.45, 2.75) is 32.2 Å². The number of hydrogen-bond donors (Lipinski definition) is 1. The molecule has 8 heteroatoms. The van der Waals surface area contributed by atoms with E-state index in [-0.39, 0.29) is 23.4 Å². The number of nitro benzene ring substituents is 1. The standard InChI is InChI=1S/C17H20N4O4/c1-2-25-16-7-6-12(9-15(16)21(23)24)17(22)20-8-4-3-5-14(20)13-10-18-19-11-13/h6-7,9-11,14H,2-5,8H2,1H3,(H,18,19). The number of aromatic nitrogens is 2. The van der Waals surface area contributed by atoms with E-state index >= 15 is 0 Å². The molecule has 1 unspecified atom stereocenters. The minimum absolute atomic E-state index is 0.0642. The van der Waals surface area contributed by atoms with Crippen molar-refractivity contribution in [2.24, 2.45) is 0 Å². The van der Waals surface area contributed by atoms with E-state index in [1.54, 1.807) is 30.3 Å². The van der Waals surface area contributed by atoms with Gasteiger partial charge in [-0.1, -0.05) is 0 Å². The van der Waals surface area contributed by atoms with Crippen LogP contribution in [0.25, 0.3) is 0 Å². The van der Waals surface area contributed by atoms with Crippen molar-refractivity contribution >= 4 is 11.6 Å². The lowest BCUT2D eigenvalue weighted by atomic mass is 9.96. The van der Waals surface area contributed by atoms with E-state index < -0.39 is 4.92 Å². The highest BCUT2D eigenvalue weighted by molar-refractivity contribution is 5.95. The first-order chi connectivity index (χ1) is 12.1. The fourth-order valence-corrected chi connectivity index (χ4v) is 3.20. The fraction of sp³-hybridized carbons (Fsp3) is 0.412. The average molecular weight is 344 g/mol. The predicted molar refractivity (Wildman–Crippen MR) is 90.5 cm³/mol. The molecular weight excluding hydrogens is 324 g/mol.